The van der Waals surface area contributed by atoms with E-state index in [0.717, 1.165) is 25.7 Å². The monoisotopic (exact) mass is 564 g/mol. The molecule has 0 radical (unpaired) electrons. The number of nitrogens with zero attached hydrogens (tertiary/aromatic N) is 1. The highest BCUT2D eigenvalue weighted by atomic mass is 16.2. The summed E-state index contributed by atoms with van der Waals surface area (Å²) < 4.78 is 0. The van der Waals surface area contributed by atoms with E-state index in [9.17, 15) is 24.0 Å². The van der Waals surface area contributed by atoms with Crippen LogP contribution in [-0.4, -0.2) is 84.0 Å². The van der Waals surface area contributed by atoms with Crippen LogP contribution in [0.25, 0.3) is 0 Å². The van der Waals surface area contributed by atoms with Crippen molar-refractivity contribution in [2.24, 2.45) is 23.0 Å². The van der Waals surface area contributed by atoms with Gasteiger partial charge in [0.05, 0.1) is 12.1 Å². The van der Waals surface area contributed by atoms with E-state index in [2.05, 4.69) is 27.0 Å². The van der Waals surface area contributed by atoms with Crippen molar-refractivity contribution in [3.63, 3.8) is 0 Å². The third kappa shape index (κ3) is 9.87. The summed E-state index contributed by atoms with van der Waals surface area (Å²) in [7, 11) is 0. The van der Waals surface area contributed by atoms with Crippen molar-refractivity contribution in [3.8, 4) is 0 Å². The molecule has 6 N–H and O–H groups in total. The highest BCUT2D eigenvalue weighted by molar-refractivity contribution is 5.96. The van der Waals surface area contributed by atoms with E-state index in [-0.39, 0.29) is 41.6 Å². The molecule has 0 aromatic carbocycles. The van der Waals surface area contributed by atoms with Gasteiger partial charge < -0.3 is 31.9 Å². The summed E-state index contributed by atoms with van der Waals surface area (Å²) in [5.41, 5.74) is 3.53. The second-order valence-electron chi connectivity index (χ2n) is 12.5. The number of hydrogen-bond donors (Lipinski definition) is 5. The highest BCUT2D eigenvalue weighted by Crippen LogP contribution is 2.32. The fourth-order valence-corrected chi connectivity index (χ4v) is 4.76. The van der Waals surface area contributed by atoms with Gasteiger partial charge in [-0.25, -0.2) is 4.79 Å². The summed E-state index contributed by atoms with van der Waals surface area (Å²) in [6.07, 6.45) is 5.26. The fraction of sp³-hybridized carbons (Fsp3) is 0.786. The maximum atomic E-state index is 13.7. The standard InChI is InChI=1S/C27H45N5O5.CH3NO/c1-15(2)21(22(34)17-9-10-17)30-26(37)31-23(27(4,5)6)25(36)32-13-7-8-20(32)24(35)29-19(16(3)33)14-28-18-11-12-18;2-1-3/h15,17-21,23,28H,7-14H2,1-6H3,(H,29,35)(H2,30,31,37);1H,(H2,2,3). The molecule has 0 aromatic heterocycles. The Balaban J connectivity index is 0.00000178. The summed E-state index contributed by atoms with van der Waals surface area (Å²) in [5, 5.41) is 11.7. The predicted octanol–water partition coefficient (Wildman–Crippen LogP) is 0.622. The molecule has 5 amide bonds. The maximum absolute atomic E-state index is 13.7. The van der Waals surface area contributed by atoms with Crippen LogP contribution >= 0.6 is 0 Å². The van der Waals surface area contributed by atoms with Gasteiger partial charge in [-0.05, 0) is 56.8 Å². The molecule has 2 saturated carbocycles. The number of amides is 5. The van der Waals surface area contributed by atoms with Gasteiger partial charge in [-0.15, -0.1) is 0 Å². The lowest BCUT2D eigenvalue weighted by Gasteiger charge is -2.36. The van der Waals surface area contributed by atoms with Gasteiger partial charge >= 0.3 is 6.03 Å². The largest absolute Gasteiger partial charge is 0.372 e. The van der Waals surface area contributed by atoms with Crippen molar-refractivity contribution in [3.05, 3.63) is 0 Å². The summed E-state index contributed by atoms with van der Waals surface area (Å²) in [6, 6.07) is -3.02. The highest BCUT2D eigenvalue weighted by Gasteiger charge is 2.43. The number of Topliss-reactive ketones (excluding diaryl/α,β-unsaturated/α-hetero) is 2. The normalized spacial score (nSPS) is 20.9. The van der Waals surface area contributed by atoms with Crippen LogP contribution in [0, 0.1) is 17.3 Å². The van der Waals surface area contributed by atoms with E-state index in [1.165, 1.54) is 11.8 Å². The Morgan fingerprint density at radius 3 is 2.05 bits per heavy atom. The molecule has 0 bridgehead atoms. The lowest BCUT2D eigenvalue weighted by atomic mass is 9.85. The number of urea groups is 1. The number of carbonyl (C=O) groups excluding carboxylic acids is 6. The number of rotatable bonds is 12. The first-order valence-corrected chi connectivity index (χ1v) is 14.3. The first-order valence-electron chi connectivity index (χ1n) is 14.3. The lowest BCUT2D eigenvalue weighted by Crippen LogP contribution is -2.61. The number of hydrogen-bond acceptors (Lipinski definition) is 7. The maximum Gasteiger partial charge on any atom is 0.316 e. The summed E-state index contributed by atoms with van der Waals surface area (Å²) in [4.78, 5) is 74.7. The minimum atomic E-state index is -0.898. The predicted molar refractivity (Wildman–Crippen MR) is 150 cm³/mol. The second kappa shape index (κ2) is 14.6. The fourth-order valence-electron chi connectivity index (χ4n) is 4.76. The molecule has 226 valence electrons. The lowest BCUT2D eigenvalue weighted by molar-refractivity contribution is -0.142. The first kappa shape index (κ1) is 33.2. The SMILES string of the molecule is CC(=O)C(CNC1CC1)NC(=O)C1CCCN1C(=O)C(NC(=O)NC(C(=O)C1CC1)C(C)C)C(C)(C)C.NC=O. The number of nitrogens with one attached hydrogen (secondary N) is 4. The molecule has 0 aromatic rings. The minimum absolute atomic E-state index is 0.00918. The van der Waals surface area contributed by atoms with Gasteiger partial charge in [-0.2, -0.15) is 0 Å². The molecular formula is C28H48N6O6. The molecule has 3 rings (SSSR count). The molecule has 3 fully saturated rings. The second-order valence-corrected chi connectivity index (χ2v) is 12.5. The van der Waals surface area contributed by atoms with Gasteiger partial charge in [-0.1, -0.05) is 34.6 Å². The molecule has 0 spiro atoms. The van der Waals surface area contributed by atoms with Crippen LogP contribution in [-0.2, 0) is 24.0 Å². The van der Waals surface area contributed by atoms with E-state index >= 15 is 0 Å². The number of primary amides is 1. The van der Waals surface area contributed by atoms with Gasteiger partial charge in [0.2, 0.25) is 18.2 Å². The summed E-state index contributed by atoms with van der Waals surface area (Å²) >= 11 is 0. The van der Waals surface area contributed by atoms with Crippen LogP contribution < -0.4 is 27.0 Å². The van der Waals surface area contributed by atoms with Gasteiger partial charge in [0.1, 0.15) is 12.1 Å². The van der Waals surface area contributed by atoms with E-state index in [1.54, 1.807) is 0 Å². The zero-order chi connectivity index (χ0) is 30.2. The van der Waals surface area contributed by atoms with Crippen molar-refractivity contribution >= 4 is 35.8 Å². The van der Waals surface area contributed by atoms with E-state index in [0.29, 0.717) is 32.0 Å². The van der Waals surface area contributed by atoms with Gasteiger partial charge in [-0.3, -0.25) is 24.0 Å². The summed E-state index contributed by atoms with van der Waals surface area (Å²) in [5.74, 6) is -0.853. The number of nitrogens with two attached hydrogens (primary N) is 1. The Hall–Kier alpha value is -3.02. The van der Waals surface area contributed by atoms with Crippen molar-refractivity contribution < 1.29 is 28.8 Å². The molecule has 40 heavy (non-hydrogen) atoms. The van der Waals surface area contributed by atoms with Crippen molar-refractivity contribution in [1.29, 1.82) is 0 Å². The van der Waals surface area contributed by atoms with Crippen LogP contribution in [0.15, 0.2) is 0 Å². The molecule has 12 nitrogen and oxygen atoms in total. The Kier molecular flexibility index (Phi) is 12.1. The van der Waals surface area contributed by atoms with Crippen LogP contribution in [0.2, 0.25) is 0 Å². The van der Waals surface area contributed by atoms with E-state index < -0.39 is 35.6 Å². The molecule has 4 unspecified atom stereocenters. The van der Waals surface area contributed by atoms with Crippen molar-refractivity contribution in [2.45, 2.75) is 110 Å². The smallest absolute Gasteiger partial charge is 0.316 e. The Labute approximate surface area is 237 Å². The van der Waals surface area contributed by atoms with Crippen molar-refractivity contribution in [1.82, 2.24) is 26.2 Å². The summed E-state index contributed by atoms with van der Waals surface area (Å²) in [6.45, 7) is 11.6. The van der Waals surface area contributed by atoms with Crippen molar-refractivity contribution in [2.75, 3.05) is 13.1 Å². The minimum Gasteiger partial charge on any atom is -0.372 e. The zero-order valence-electron chi connectivity index (χ0n) is 24.7. The average Bonchev–Trinajstić information content (AvgIpc) is 3.80. The van der Waals surface area contributed by atoms with E-state index in [4.69, 9.17) is 4.79 Å². The van der Waals surface area contributed by atoms with Crippen LogP contribution in [0.5, 0.6) is 0 Å². The molecule has 1 heterocycles. The van der Waals surface area contributed by atoms with Crippen LogP contribution in [0.1, 0.15) is 80.1 Å². The molecule has 4 atom stereocenters. The first-order chi connectivity index (χ1) is 18.7. The molecular weight excluding hydrogens is 516 g/mol. The quantitative estimate of drug-likeness (QED) is 0.216. The van der Waals surface area contributed by atoms with Gasteiger partial charge in [0, 0.05) is 25.0 Å². The molecule has 1 saturated heterocycles. The van der Waals surface area contributed by atoms with Crippen LogP contribution in [0.3, 0.4) is 0 Å². The topological polar surface area (TPSA) is 180 Å². The zero-order valence-corrected chi connectivity index (χ0v) is 24.7. The number of ketones is 2. The Bertz CT molecular complexity index is 940. The molecule has 12 heteroatoms. The third-order valence-electron chi connectivity index (χ3n) is 7.46. The Morgan fingerprint density at radius 1 is 0.975 bits per heavy atom. The number of likely N-dealkylation sites (tertiary alicyclic amines) is 1. The van der Waals surface area contributed by atoms with Crippen LogP contribution in [0.4, 0.5) is 4.79 Å². The number of carbonyl (C=O) groups is 6. The van der Waals surface area contributed by atoms with E-state index in [1.807, 2.05) is 34.6 Å². The van der Waals surface area contributed by atoms with Gasteiger partial charge in [0.25, 0.3) is 0 Å². The van der Waals surface area contributed by atoms with Gasteiger partial charge in [0.15, 0.2) is 11.6 Å². The molecule has 2 aliphatic carbocycles. The Morgan fingerprint density at radius 2 is 1.57 bits per heavy atom. The third-order valence-corrected chi connectivity index (χ3v) is 7.46. The average molecular weight is 565 g/mol. The molecule has 3 aliphatic rings. The molecule has 1 aliphatic heterocycles.